The Bertz CT molecular complexity index is 457. The highest BCUT2D eigenvalue weighted by atomic mass is 16.6. The van der Waals surface area contributed by atoms with Crippen LogP contribution in [0.15, 0.2) is 11.6 Å². The predicted octanol–water partition coefficient (Wildman–Crippen LogP) is 1.91. The van der Waals surface area contributed by atoms with Crippen LogP contribution in [0.3, 0.4) is 0 Å². The minimum absolute atomic E-state index is 0.260. The van der Waals surface area contributed by atoms with Gasteiger partial charge in [-0.05, 0) is 40.2 Å². The molecule has 1 N–H and O–H groups in total. The maximum absolute atomic E-state index is 11.8. The Morgan fingerprint density at radius 2 is 2.15 bits per heavy atom. The van der Waals surface area contributed by atoms with Crippen LogP contribution in [0.1, 0.15) is 34.1 Å². The van der Waals surface area contributed by atoms with Gasteiger partial charge in [0, 0.05) is 5.57 Å². The van der Waals surface area contributed by atoms with Gasteiger partial charge >= 0.3 is 12.1 Å². The Hall–Kier alpha value is -2.03. The van der Waals surface area contributed by atoms with Crippen LogP contribution in [0.4, 0.5) is 4.79 Å². The van der Waals surface area contributed by atoms with Crippen molar-refractivity contribution in [1.82, 2.24) is 5.32 Å². The molecular formula is C14H20N2O4. The van der Waals surface area contributed by atoms with Gasteiger partial charge < -0.3 is 14.8 Å². The van der Waals surface area contributed by atoms with Crippen molar-refractivity contribution < 1.29 is 19.1 Å². The minimum Gasteiger partial charge on any atom is -0.466 e. The van der Waals surface area contributed by atoms with Crippen molar-refractivity contribution >= 4 is 12.1 Å². The van der Waals surface area contributed by atoms with Gasteiger partial charge in [0.05, 0.1) is 24.6 Å². The number of ether oxygens (including phenoxy) is 2. The fourth-order valence-electron chi connectivity index (χ4n) is 1.91. The van der Waals surface area contributed by atoms with Gasteiger partial charge in [-0.1, -0.05) is 0 Å². The lowest BCUT2D eigenvalue weighted by Crippen LogP contribution is -2.43. The molecule has 0 aromatic heterocycles. The van der Waals surface area contributed by atoms with E-state index in [1.165, 1.54) is 0 Å². The van der Waals surface area contributed by atoms with E-state index in [4.69, 9.17) is 14.7 Å². The minimum atomic E-state index is -0.621. The van der Waals surface area contributed by atoms with Crippen LogP contribution in [-0.4, -0.2) is 30.3 Å². The third-order valence-corrected chi connectivity index (χ3v) is 2.67. The first-order chi connectivity index (χ1) is 9.26. The van der Waals surface area contributed by atoms with Crippen LogP contribution < -0.4 is 5.32 Å². The molecule has 1 aliphatic rings. The molecule has 2 atom stereocenters. The summed E-state index contributed by atoms with van der Waals surface area (Å²) >= 11 is 0. The second kappa shape index (κ2) is 6.42. The van der Waals surface area contributed by atoms with Gasteiger partial charge in [-0.2, -0.15) is 5.26 Å². The van der Waals surface area contributed by atoms with Gasteiger partial charge in [0.15, 0.2) is 0 Å². The molecule has 0 aromatic rings. The van der Waals surface area contributed by atoms with Crippen molar-refractivity contribution in [3.8, 4) is 6.07 Å². The number of amides is 1. The number of hydrogen-bond acceptors (Lipinski definition) is 5. The summed E-state index contributed by atoms with van der Waals surface area (Å²) in [5, 5.41) is 11.5. The third kappa shape index (κ3) is 4.57. The average Bonchev–Trinajstić information content (AvgIpc) is 2.69. The molecule has 0 heterocycles. The van der Waals surface area contributed by atoms with Gasteiger partial charge in [-0.25, -0.2) is 4.79 Å². The summed E-state index contributed by atoms with van der Waals surface area (Å²) in [7, 11) is 0. The predicted molar refractivity (Wildman–Crippen MR) is 71.6 cm³/mol. The molecule has 0 spiro atoms. The van der Waals surface area contributed by atoms with Crippen LogP contribution in [-0.2, 0) is 14.3 Å². The standard InChI is InChI=1S/C14H20N2O4/c1-5-19-12(17)10-6-9(8-15)7-11(10)16-13(18)20-14(2,3)4/h7,10-11H,5-6H2,1-4H3,(H,16,18)/t10-,11+/m1/s1. The lowest BCUT2D eigenvalue weighted by molar-refractivity contribution is -0.148. The molecule has 0 saturated heterocycles. The number of nitrogens with one attached hydrogen (secondary N) is 1. The number of carbonyl (C=O) groups is 2. The van der Waals surface area contributed by atoms with Crippen LogP contribution in [0.25, 0.3) is 0 Å². The molecule has 0 aromatic carbocycles. The van der Waals surface area contributed by atoms with E-state index in [2.05, 4.69) is 5.32 Å². The molecule has 6 heteroatoms. The van der Waals surface area contributed by atoms with Crippen molar-refractivity contribution in [2.75, 3.05) is 6.61 Å². The van der Waals surface area contributed by atoms with Gasteiger partial charge in [0.1, 0.15) is 5.60 Å². The summed E-state index contributed by atoms with van der Waals surface area (Å²) in [6.45, 7) is 7.22. The lowest BCUT2D eigenvalue weighted by Gasteiger charge is -2.23. The molecule has 0 radical (unpaired) electrons. The zero-order valence-corrected chi connectivity index (χ0v) is 12.2. The first-order valence-corrected chi connectivity index (χ1v) is 6.53. The summed E-state index contributed by atoms with van der Waals surface area (Å²) in [5.74, 6) is -0.993. The molecule has 1 rings (SSSR count). The summed E-state index contributed by atoms with van der Waals surface area (Å²) in [5.41, 5.74) is -0.159. The zero-order valence-electron chi connectivity index (χ0n) is 12.2. The van der Waals surface area contributed by atoms with Gasteiger partial charge in [-0.15, -0.1) is 0 Å². The highest BCUT2D eigenvalue weighted by molar-refractivity contribution is 5.77. The fourth-order valence-corrected chi connectivity index (χ4v) is 1.91. The number of nitriles is 1. The average molecular weight is 280 g/mol. The van der Waals surface area contributed by atoms with E-state index >= 15 is 0 Å². The second-order valence-corrected chi connectivity index (χ2v) is 5.54. The molecule has 110 valence electrons. The Kier molecular flexibility index (Phi) is 5.14. The Morgan fingerprint density at radius 3 is 2.65 bits per heavy atom. The normalized spacial score (nSPS) is 21.6. The molecule has 1 amide bonds. The molecule has 0 saturated carbocycles. The quantitative estimate of drug-likeness (QED) is 0.798. The zero-order chi connectivity index (χ0) is 15.3. The van der Waals surface area contributed by atoms with E-state index in [0.29, 0.717) is 5.57 Å². The van der Waals surface area contributed by atoms with Gasteiger partial charge in [-0.3, -0.25) is 4.79 Å². The number of rotatable bonds is 3. The summed E-state index contributed by atoms with van der Waals surface area (Å²) < 4.78 is 10.1. The highest BCUT2D eigenvalue weighted by Gasteiger charge is 2.36. The number of hydrogen-bond donors (Lipinski definition) is 1. The van der Waals surface area contributed by atoms with Crippen molar-refractivity contribution in [1.29, 1.82) is 5.26 Å². The topological polar surface area (TPSA) is 88.4 Å². The summed E-state index contributed by atoms with van der Waals surface area (Å²) in [4.78, 5) is 23.6. The summed E-state index contributed by atoms with van der Waals surface area (Å²) in [6.07, 6.45) is 1.23. The SMILES string of the molecule is CCOC(=O)[C@@H]1CC(C#N)=C[C@@H]1NC(=O)OC(C)(C)C. The van der Waals surface area contributed by atoms with Gasteiger partial charge in [0.25, 0.3) is 0 Å². The van der Waals surface area contributed by atoms with Crippen molar-refractivity contribution in [3.63, 3.8) is 0 Å². The number of esters is 1. The first-order valence-electron chi connectivity index (χ1n) is 6.53. The smallest absolute Gasteiger partial charge is 0.408 e. The lowest BCUT2D eigenvalue weighted by atomic mass is 10.0. The maximum Gasteiger partial charge on any atom is 0.408 e. The van der Waals surface area contributed by atoms with Crippen LogP contribution in [0, 0.1) is 17.2 Å². The molecule has 0 bridgehead atoms. The van der Waals surface area contributed by atoms with Crippen molar-refractivity contribution in [2.45, 2.75) is 45.8 Å². The summed E-state index contributed by atoms with van der Waals surface area (Å²) in [6, 6.07) is 1.43. The van der Waals surface area contributed by atoms with E-state index in [0.717, 1.165) is 0 Å². The first kappa shape index (κ1) is 16.0. The van der Waals surface area contributed by atoms with E-state index in [1.54, 1.807) is 33.8 Å². The van der Waals surface area contributed by atoms with E-state index < -0.39 is 29.6 Å². The molecule has 0 fully saturated rings. The highest BCUT2D eigenvalue weighted by Crippen LogP contribution is 2.26. The third-order valence-electron chi connectivity index (χ3n) is 2.67. The van der Waals surface area contributed by atoms with E-state index in [9.17, 15) is 9.59 Å². The second-order valence-electron chi connectivity index (χ2n) is 5.54. The molecule has 20 heavy (non-hydrogen) atoms. The monoisotopic (exact) mass is 280 g/mol. The maximum atomic E-state index is 11.8. The Morgan fingerprint density at radius 1 is 1.50 bits per heavy atom. The molecule has 6 nitrogen and oxygen atoms in total. The molecule has 0 aliphatic heterocycles. The van der Waals surface area contributed by atoms with Crippen molar-refractivity contribution in [2.24, 2.45) is 5.92 Å². The number of allylic oxidation sites excluding steroid dienone is 1. The van der Waals surface area contributed by atoms with Crippen LogP contribution in [0.5, 0.6) is 0 Å². The molecule has 1 aliphatic carbocycles. The van der Waals surface area contributed by atoms with E-state index in [1.807, 2.05) is 6.07 Å². The molecule has 0 unspecified atom stereocenters. The number of alkyl carbamates (subject to hydrolysis) is 1. The number of carbonyl (C=O) groups excluding carboxylic acids is 2. The fraction of sp³-hybridized carbons (Fsp3) is 0.643. The van der Waals surface area contributed by atoms with Crippen molar-refractivity contribution in [3.05, 3.63) is 11.6 Å². The molecular weight excluding hydrogens is 260 g/mol. The largest absolute Gasteiger partial charge is 0.466 e. The van der Waals surface area contributed by atoms with Crippen LogP contribution >= 0.6 is 0 Å². The van der Waals surface area contributed by atoms with Gasteiger partial charge in [0.2, 0.25) is 0 Å². The Balaban J connectivity index is 2.73. The Labute approximate surface area is 118 Å². The van der Waals surface area contributed by atoms with Crippen LogP contribution in [0.2, 0.25) is 0 Å². The van der Waals surface area contributed by atoms with E-state index in [-0.39, 0.29) is 13.0 Å². The number of nitrogens with zero attached hydrogens (tertiary/aromatic N) is 1.